The molecule has 1 fully saturated rings. The number of hydrogen-bond donors (Lipinski definition) is 2. The average molecular weight is 214 g/mol. The highest BCUT2D eigenvalue weighted by Crippen LogP contribution is 2.25. The zero-order chi connectivity index (χ0) is 11.4. The van der Waals surface area contributed by atoms with Crippen LogP contribution in [-0.2, 0) is 4.79 Å². The zero-order valence-electron chi connectivity index (χ0n) is 9.22. The first-order chi connectivity index (χ1) is 6.22. The van der Waals surface area contributed by atoms with E-state index in [2.05, 4.69) is 45.6 Å². The standard InChI is InChI=1S/C9H17NO.CHNS/c1-8(2)5-7(11)6-9(3,4)10-8;2-1-3/h10H,5-6H2,1-4H3;3H. The highest BCUT2D eigenvalue weighted by molar-refractivity contribution is 7.85. The van der Waals surface area contributed by atoms with Crippen LogP contribution in [0.3, 0.4) is 0 Å². The van der Waals surface area contributed by atoms with E-state index in [0.717, 1.165) is 0 Å². The number of nitrogens with zero attached hydrogens (tertiary/aromatic N) is 1. The molecule has 0 radical (unpaired) electrons. The van der Waals surface area contributed by atoms with Crippen molar-refractivity contribution in [1.82, 2.24) is 5.32 Å². The van der Waals surface area contributed by atoms with Gasteiger partial charge in [0.05, 0.1) is 0 Å². The van der Waals surface area contributed by atoms with E-state index in [0.29, 0.717) is 18.6 Å². The van der Waals surface area contributed by atoms with E-state index < -0.39 is 0 Å². The number of carbonyl (C=O) groups is 1. The molecule has 0 atom stereocenters. The predicted octanol–water partition coefficient (Wildman–Crippen LogP) is 1.89. The molecule has 0 saturated carbocycles. The van der Waals surface area contributed by atoms with Gasteiger partial charge in [-0.05, 0) is 27.7 Å². The number of ketones is 1. The molecular formula is C10H18N2OS. The molecule has 0 aromatic carbocycles. The highest BCUT2D eigenvalue weighted by Gasteiger charge is 2.36. The van der Waals surface area contributed by atoms with Gasteiger partial charge in [0.1, 0.15) is 11.2 Å². The van der Waals surface area contributed by atoms with Crippen LogP contribution in [0.4, 0.5) is 0 Å². The van der Waals surface area contributed by atoms with Gasteiger partial charge in [0.25, 0.3) is 0 Å². The van der Waals surface area contributed by atoms with Crippen molar-refractivity contribution in [3.05, 3.63) is 0 Å². The summed E-state index contributed by atoms with van der Waals surface area (Å²) in [6.07, 6.45) is 1.33. The lowest BCUT2D eigenvalue weighted by atomic mass is 9.82. The van der Waals surface area contributed by atoms with Gasteiger partial charge in [-0.25, -0.2) is 0 Å². The summed E-state index contributed by atoms with van der Waals surface area (Å²) in [5.41, 5.74) is -0.0301. The van der Waals surface area contributed by atoms with Gasteiger partial charge in [0, 0.05) is 23.9 Å². The maximum atomic E-state index is 11.3. The van der Waals surface area contributed by atoms with Crippen LogP contribution in [0.25, 0.3) is 0 Å². The van der Waals surface area contributed by atoms with Gasteiger partial charge >= 0.3 is 0 Å². The van der Waals surface area contributed by atoms with Crippen LogP contribution in [0.1, 0.15) is 40.5 Å². The number of nitrogens with one attached hydrogen (secondary N) is 1. The molecule has 80 valence electrons. The van der Waals surface area contributed by atoms with E-state index in [1.165, 1.54) is 5.40 Å². The van der Waals surface area contributed by atoms with Crippen LogP contribution in [0.5, 0.6) is 0 Å². The molecule has 1 N–H and O–H groups in total. The normalized spacial score (nSPS) is 23.0. The number of carbonyl (C=O) groups excluding carboxylic acids is 1. The van der Waals surface area contributed by atoms with Gasteiger partial charge in [0.15, 0.2) is 0 Å². The molecule has 1 saturated heterocycles. The van der Waals surface area contributed by atoms with Crippen molar-refractivity contribution < 1.29 is 4.79 Å². The van der Waals surface area contributed by atoms with Gasteiger partial charge in [0.2, 0.25) is 0 Å². The topological polar surface area (TPSA) is 52.9 Å². The third kappa shape index (κ3) is 5.25. The van der Waals surface area contributed by atoms with Crippen molar-refractivity contribution in [3.63, 3.8) is 0 Å². The second-order valence-corrected chi connectivity index (χ2v) is 5.08. The molecule has 0 amide bonds. The molecule has 0 aromatic heterocycles. The molecule has 0 spiro atoms. The van der Waals surface area contributed by atoms with Crippen LogP contribution >= 0.6 is 12.6 Å². The molecular weight excluding hydrogens is 196 g/mol. The number of thiocyanates is 1. The summed E-state index contributed by atoms with van der Waals surface area (Å²) in [6.45, 7) is 8.30. The van der Waals surface area contributed by atoms with Crippen molar-refractivity contribution in [2.75, 3.05) is 0 Å². The summed E-state index contributed by atoms with van der Waals surface area (Å²) in [6, 6.07) is 0. The zero-order valence-corrected chi connectivity index (χ0v) is 10.1. The summed E-state index contributed by atoms with van der Waals surface area (Å²) >= 11 is 3.09. The minimum Gasteiger partial charge on any atom is -0.306 e. The molecule has 1 aliphatic heterocycles. The number of piperidine rings is 1. The van der Waals surface area contributed by atoms with E-state index in [-0.39, 0.29) is 11.1 Å². The van der Waals surface area contributed by atoms with E-state index >= 15 is 0 Å². The van der Waals surface area contributed by atoms with Crippen molar-refractivity contribution in [1.29, 1.82) is 5.26 Å². The molecule has 0 unspecified atom stereocenters. The molecule has 0 aliphatic carbocycles. The Bertz CT molecular complexity index is 235. The van der Waals surface area contributed by atoms with Crippen LogP contribution < -0.4 is 5.32 Å². The van der Waals surface area contributed by atoms with Crippen LogP contribution in [0.2, 0.25) is 0 Å². The maximum Gasteiger partial charge on any atom is 0.136 e. The first-order valence-corrected chi connectivity index (χ1v) is 5.01. The van der Waals surface area contributed by atoms with Crippen molar-refractivity contribution in [2.24, 2.45) is 0 Å². The third-order valence-corrected chi connectivity index (χ3v) is 1.95. The monoisotopic (exact) mass is 214 g/mol. The fraction of sp³-hybridized carbons (Fsp3) is 0.800. The molecule has 1 heterocycles. The summed E-state index contributed by atoms with van der Waals surface area (Å²) in [7, 11) is 0. The number of Topliss-reactive ketones (excluding diaryl/α,β-unsaturated/α-hetero) is 1. The van der Waals surface area contributed by atoms with E-state index in [9.17, 15) is 4.79 Å². The molecule has 4 heteroatoms. The first kappa shape index (κ1) is 13.5. The molecule has 1 rings (SSSR count). The Labute approximate surface area is 91.3 Å². The van der Waals surface area contributed by atoms with Gasteiger partial charge < -0.3 is 5.32 Å². The SMILES string of the molecule is CC1(C)CC(=O)CC(C)(C)N1.N#CS. The average Bonchev–Trinajstić information content (AvgIpc) is 1.77. The van der Waals surface area contributed by atoms with E-state index in [1.807, 2.05) is 0 Å². The second kappa shape index (κ2) is 4.81. The van der Waals surface area contributed by atoms with Crippen molar-refractivity contribution in [3.8, 4) is 5.40 Å². The summed E-state index contributed by atoms with van der Waals surface area (Å²) in [4.78, 5) is 11.3. The Morgan fingerprint density at radius 1 is 1.29 bits per heavy atom. The molecule has 0 bridgehead atoms. The van der Waals surface area contributed by atoms with Crippen molar-refractivity contribution in [2.45, 2.75) is 51.6 Å². The molecule has 14 heavy (non-hydrogen) atoms. The Morgan fingerprint density at radius 2 is 1.57 bits per heavy atom. The molecule has 1 aliphatic rings. The number of hydrogen-bond acceptors (Lipinski definition) is 4. The number of rotatable bonds is 0. The number of thiol groups is 1. The van der Waals surface area contributed by atoms with E-state index in [4.69, 9.17) is 5.26 Å². The van der Waals surface area contributed by atoms with Crippen LogP contribution in [0.15, 0.2) is 0 Å². The maximum absolute atomic E-state index is 11.3. The summed E-state index contributed by atoms with van der Waals surface area (Å²) in [5.74, 6) is 0.374. The van der Waals surface area contributed by atoms with E-state index in [1.54, 1.807) is 0 Å². The Morgan fingerprint density at radius 3 is 1.79 bits per heavy atom. The lowest BCUT2D eigenvalue weighted by Crippen LogP contribution is -2.58. The molecule has 0 aromatic rings. The Hall–Kier alpha value is -0.530. The Kier molecular flexibility index (Phi) is 4.63. The summed E-state index contributed by atoms with van der Waals surface area (Å²) in [5, 5.41) is 12.1. The quantitative estimate of drug-likeness (QED) is 0.478. The lowest BCUT2D eigenvalue weighted by Gasteiger charge is -2.41. The third-order valence-electron chi connectivity index (χ3n) is 1.95. The molecule has 3 nitrogen and oxygen atoms in total. The smallest absolute Gasteiger partial charge is 0.136 e. The van der Waals surface area contributed by atoms with Gasteiger partial charge in [-0.2, -0.15) is 5.26 Å². The largest absolute Gasteiger partial charge is 0.306 e. The second-order valence-electron chi connectivity index (χ2n) is 4.88. The first-order valence-electron chi connectivity index (χ1n) is 4.57. The predicted molar refractivity (Wildman–Crippen MR) is 60.1 cm³/mol. The Balaban J connectivity index is 0.000000500. The fourth-order valence-corrected chi connectivity index (χ4v) is 2.05. The van der Waals surface area contributed by atoms with Crippen molar-refractivity contribution >= 4 is 18.4 Å². The van der Waals surface area contributed by atoms with Gasteiger partial charge in [-0.1, -0.05) is 12.6 Å². The van der Waals surface area contributed by atoms with Gasteiger partial charge in [-0.15, -0.1) is 0 Å². The number of nitriles is 1. The van der Waals surface area contributed by atoms with Crippen LogP contribution in [0, 0.1) is 10.7 Å². The van der Waals surface area contributed by atoms with Crippen LogP contribution in [-0.4, -0.2) is 16.9 Å². The fourth-order valence-electron chi connectivity index (χ4n) is 2.05. The minimum atomic E-state index is -0.0150. The summed E-state index contributed by atoms with van der Waals surface area (Å²) < 4.78 is 0. The highest BCUT2D eigenvalue weighted by atomic mass is 32.1. The van der Waals surface area contributed by atoms with Gasteiger partial charge in [-0.3, -0.25) is 4.79 Å². The minimum absolute atomic E-state index is 0.0150. The lowest BCUT2D eigenvalue weighted by molar-refractivity contribution is -0.124.